The summed E-state index contributed by atoms with van der Waals surface area (Å²) in [4.78, 5) is 0. The van der Waals surface area contributed by atoms with E-state index in [9.17, 15) is 0 Å². The molecule has 4 rings (SSSR count). The Bertz CT molecular complexity index is 1030. The van der Waals surface area contributed by atoms with Gasteiger partial charge in [0, 0.05) is 0 Å². The van der Waals surface area contributed by atoms with Crippen molar-refractivity contribution in [2.45, 2.75) is 51.9 Å². The fourth-order valence-electron chi connectivity index (χ4n) is 4.44. The normalized spacial score (nSPS) is 11.5. The molecule has 0 fully saturated rings. The minimum absolute atomic E-state index is 0. The van der Waals surface area contributed by atoms with Crippen LogP contribution in [0.1, 0.15) is 41.5 Å². The van der Waals surface area contributed by atoms with Crippen LogP contribution in [0, 0.1) is 0 Å². The molecule has 0 aliphatic carbocycles. The monoisotopic (exact) mass is 684 g/mol. The summed E-state index contributed by atoms with van der Waals surface area (Å²) in [5.41, 5.74) is 0. The second-order valence-corrected chi connectivity index (χ2v) is 16.4. The predicted molar refractivity (Wildman–Crippen MR) is 144 cm³/mol. The third kappa shape index (κ3) is 8.55. The van der Waals surface area contributed by atoms with Crippen molar-refractivity contribution in [3.8, 4) is 0 Å². The second-order valence-electron chi connectivity index (χ2n) is 10.3. The molecule has 0 saturated carbocycles. The topological polar surface area (TPSA) is 0 Å². The largest absolute Gasteiger partial charge is 4.00 e. The van der Waals surface area contributed by atoms with Crippen LogP contribution in [-0.4, -0.2) is 23.6 Å². The van der Waals surface area contributed by atoms with Gasteiger partial charge in [-0.25, -0.2) is 0 Å². The van der Waals surface area contributed by atoms with Crippen molar-refractivity contribution in [2.75, 3.05) is 13.3 Å². The van der Waals surface area contributed by atoms with Gasteiger partial charge in [0.2, 0.25) is 0 Å². The summed E-state index contributed by atoms with van der Waals surface area (Å²) in [6, 6.07) is 26.7. The summed E-state index contributed by atoms with van der Waals surface area (Å²) in [6.07, 6.45) is 0. The molecular weight excluding hydrogens is 648 g/mol. The van der Waals surface area contributed by atoms with Gasteiger partial charge in [0.15, 0.2) is 0 Å². The summed E-state index contributed by atoms with van der Waals surface area (Å²) in [6.45, 7) is 18.9. The molecule has 0 aliphatic heterocycles. The maximum atomic E-state index is 2.40. The fourth-order valence-corrected chi connectivity index (χ4v) is 9.33. The molecule has 0 nitrogen and oxygen atoms in total. The first-order valence-electron chi connectivity index (χ1n) is 10.8. The molecule has 5 heteroatoms. The molecule has 4 aromatic rings. The van der Waals surface area contributed by atoms with Gasteiger partial charge < -0.3 is 24.8 Å². The Morgan fingerprint density at radius 2 is 0.970 bits per heavy atom. The van der Waals surface area contributed by atoms with Crippen LogP contribution in [0.4, 0.5) is 0 Å². The molecule has 0 aromatic heterocycles. The van der Waals surface area contributed by atoms with Crippen molar-refractivity contribution in [3.63, 3.8) is 0 Å². The molecule has 0 N–H and O–H groups in total. The molecule has 4 aromatic carbocycles. The number of rotatable bonds is 2. The van der Waals surface area contributed by atoms with Gasteiger partial charge in [0.25, 0.3) is 0 Å². The van der Waals surface area contributed by atoms with E-state index in [4.69, 9.17) is 0 Å². The van der Waals surface area contributed by atoms with Crippen molar-refractivity contribution in [2.24, 2.45) is 0 Å². The molecule has 176 valence electrons. The van der Waals surface area contributed by atoms with Crippen molar-refractivity contribution in [1.82, 2.24) is 0 Å². The quantitative estimate of drug-likeness (QED) is 0.173. The maximum Gasteiger partial charge on any atom is 4.00 e. The van der Waals surface area contributed by atoms with E-state index >= 15 is 0 Å². The molecular formula is C28H36Cl2HfP2. The van der Waals surface area contributed by atoms with Crippen LogP contribution >= 0.6 is 15.8 Å². The van der Waals surface area contributed by atoms with Crippen LogP contribution in [0.2, 0.25) is 0 Å². The van der Waals surface area contributed by atoms with Gasteiger partial charge in [-0.15, -0.1) is 88.6 Å². The van der Waals surface area contributed by atoms with Crippen LogP contribution in [0.3, 0.4) is 0 Å². The minimum atomic E-state index is -0.185. The Hall–Kier alpha value is -0.0299. The molecule has 0 saturated heterocycles. The summed E-state index contributed by atoms with van der Waals surface area (Å²) < 4.78 is 0. The summed E-state index contributed by atoms with van der Waals surface area (Å²) >= 11 is 0. The molecule has 0 atom stereocenters. The van der Waals surface area contributed by atoms with E-state index in [1.807, 2.05) is 0 Å². The number of fused-ring (bicyclic) bond motifs is 2. The first kappa shape index (κ1) is 33.0. The van der Waals surface area contributed by atoms with Crippen LogP contribution in [0.15, 0.2) is 72.8 Å². The fraction of sp³-hybridized carbons (Fsp3) is 0.357. The maximum absolute atomic E-state index is 2.40. The predicted octanol–water partition coefficient (Wildman–Crippen LogP) is 2.19. The van der Waals surface area contributed by atoms with Gasteiger partial charge in [-0.1, -0.05) is 61.6 Å². The number of benzene rings is 2. The van der Waals surface area contributed by atoms with Crippen molar-refractivity contribution >= 4 is 48.0 Å². The van der Waals surface area contributed by atoms with Crippen LogP contribution in [0.25, 0.3) is 21.5 Å². The van der Waals surface area contributed by atoms with E-state index in [0.29, 0.717) is 10.3 Å². The molecule has 0 aliphatic rings. The number of hydrogen-bond donors (Lipinski definition) is 0. The van der Waals surface area contributed by atoms with E-state index in [1.165, 1.54) is 26.8 Å². The Balaban J connectivity index is 0.000000603. The summed E-state index contributed by atoms with van der Waals surface area (Å²) in [5.74, 6) is 0. The van der Waals surface area contributed by atoms with E-state index in [0.717, 1.165) is 0 Å². The minimum Gasteiger partial charge on any atom is -1.00 e. The number of halogens is 2. The zero-order valence-electron chi connectivity index (χ0n) is 21.1. The molecule has 0 bridgehead atoms. The smallest absolute Gasteiger partial charge is 1.00 e. The zero-order valence-corrected chi connectivity index (χ0v) is 28.0. The van der Waals surface area contributed by atoms with Crippen molar-refractivity contribution in [3.05, 3.63) is 72.8 Å². The molecule has 0 radical (unpaired) electrons. The average molecular weight is 684 g/mol. The number of hydrogen-bond acceptors (Lipinski definition) is 0. The van der Waals surface area contributed by atoms with Crippen molar-refractivity contribution < 1.29 is 50.7 Å². The van der Waals surface area contributed by atoms with E-state index in [1.54, 1.807) is 5.30 Å². The van der Waals surface area contributed by atoms with Crippen LogP contribution < -0.4 is 35.4 Å². The molecule has 0 heterocycles. The molecule has 0 amide bonds. The zero-order chi connectivity index (χ0) is 22.1. The van der Waals surface area contributed by atoms with Gasteiger partial charge in [0.1, 0.15) is 0 Å². The summed E-state index contributed by atoms with van der Waals surface area (Å²) in [5, 5.41) is 9.27. The van der Waals surface area contributed by atoms with Gasteiger partial charge in [-0.3, -0.25) is 0 Å². The second kappa shape index (κ2) is 13.3. The molecule has 33 heavy (non-hydrogen) atoms. The van der Waals surface area contributed by atoms with Gasteiger partial charge in [-0.05, 0) is 23.6 Å². The Morgan fingerprint density at radius 3 is 1.33 bits per heavy atom. The van der Waals surface area contributed by atoms with Crippen LogP contribution in [-0.2, 0) is 25.8 Å². The summed E-state index contributed by atoms with van der Waals surface area (Å²) in [7, 11) is -0.127. The van der Waals surface area contributed by atoms with E-state index in [-0.39, 0.29) is 66.5 Å². The Morgan fingerprint density at radius 1 is 0.606 bits per heavy atom. The van der Waals surface area contributed by atoms with Crippen LogP contribution in [0.5, 0.6) is 0 Å². The molecule has 0 spiro atoms. The van der Waals surface area contributed by atoms with Gasteiger partial charge in [-0.2, -0.15) is 12.1 Å². The average Bonchev–Trinajstić information content (AvgIpc) is 3.23. The third-order valence-electron chi connectivity index (χ3n) is 5.32. The van der Waals surface area contributed by atoms with E-state index in [2.05, 4.69) is 128 Å². The van der Waals surface area contributed by atoms with Gasteiger partial charge >= 0.3 is 25.8 Å². The molecule has 0 unspecified atom stereocenters. The SMILES string of the molecule is CC(C)(C)P(c1cc2ccccc2[cH-]1)C(C)(C)C.CP(C)c1cc2ccccc2[cH-]1.[Cl-].[Cl-].[Hf+4]. The Labute approximate surface area is 235 Å². The third-order valence-corrected chi connectivity index (χ3v) is 10.1. The van der Waals surface area contributed by atoms with E-state index < -0.39 is 0 Å². The standard InChI is InChI=1S/C17H24P.C11H12P.2ClH.Hf/c1-16(2,3)18(17(4,5)6)15-11-13-9-7-8-10-14(13)12-15;1-12(2)11-7-9-5-3-4-6-10(9)8-11;;;/h7-12H,1-6H3;3-8H,1-2H3;2*1H;/q2*-1;;;+4/p-2. The van der Waals surface area contributed by atoms with Gasteiger partial charge in [0.05, 0.1) is 0 Å². The first-order chi connectivity index (χ1) is 14.0. The van der Waals surface area contributed by atoms with Crippen molar-refractivity contribution in [1.29, 1.82) is 0 Å². The first-order valence-corrected chi connectivity index (χ1v) is 14.3. The Kier molecular flexibility index (Phi) is 13.3.